The largest absolute Gasteiger partial charge is 0.497 e. The molecule has 39 heavy (non-hydrogen) atoms. The summed E-state index contributed by atoms with van der Waals surface area (Å²) in [6.45, 7) is 2.29. The van der Waals surface area contributed by atoms with E-state index in [4.69, 9.17) is 23.7 Å². The van der Waals surface area contributed by atoms with Gasteiger partial charge in [0, 0.05) is 44.1 Å². The number of rotatable bonds is 11. The summed E-state index contributed by atoms with van der Waals surface area (Å²) in [6, 6.07) is 7.68. The average molecular weight is 544 g/mol. The molecule has 1 fully saturated rings. The first-order valence-corrected chi connectivity index (χ1v) is 12.6. The van der Waals surface area contributed by atoms with E-state index in [9.17, 15) is 14.4 Å². The Bertz CT molecular complexity index is 1130. The van der Waals surface area contributed by atoms with E-state index >= 15 is 0 Å². The lowest BCUT2D eigenvalue weighted by atomic mass is 10.0. The van der Waals surface area contributed by atoms with Gasteiger partial charge >= 0.3 is 0 Å². The van der Waals surface area contributed by atoms with Crippen molar-refractivity contribution >= 4 is 17.7 Å². The quantitative estimate of drug-likeness (QED) is 0.442. The van der Waals surface area contributed by atoms with Crippen LogP contribution in [0.25, 0.3) is 0 Å². The predicted molar refractivity (Wildman–Crippen MR) is 144 cm³/mol. The summed E-state index contributed by atoms with van der Waals surface area (Å²) >= 11 is 0. The Morgan fingerprint density at radius 1 is 0.846 bits per heavy atom. The fourth-order valence-corrected chi connectivity index (χ4v) is 4.59. The van der Waals surface area contributed by atoms with E-state index in [0.717, 1.165) is 5.56 Å². The van der Waals surface area contributed by atoms with E-state index in [1.54, 1.807) is 49.5 Å². The van der Waals surface area contributed by atoms with Crippen LogP contribution in [-0.4, -0.2) is 83.3 Å². The molecule has 3 rings (SSSR count). The number of carbonyl (C=O) groups is 3. The molecule has 212 valence electrons. The van der Waals surface area contributed by atoms with Crippen LogP contribution in [0.2, 0.25) is 0 Å². The molecular weight excluding hydrogens is 506 g/mol. The number of carbonyl (C=O) groups excluding carboxylic acids is 3. The van der Waals surface area contributed by atoms with Crippen LogP contribution >= 0.6 is 0 Å². The first kappa shape index (κ1) is 29.4. The molecule has 1 aliphatic heterocycles. The van der Waals surface area contributed by atoms with Crippen LogP contribution in [0.4, 0.5) is 0 Å². The number of amides is 3. The van der Waals surface area contributed by atoms with Crippen molar-refractivity contribution in [3.05, 3.63) is 41.5 Å². The van der Waals surface area contributed by atoms with Crippen LogP contribution < -0.4 is 34.3 Å². The monoisotopic (exact) mass is 543 g/mol. The lowest BCUT2D eigenvalue weighted by Gasteiger charge is -2.33. The molecule has 2 aromatic carbocycles. The highest BCUT2D eigenvalue weighted by Crippen LogP contribution is 2.38. The highest BCUT2D eigenvalue weighted by Gasteiger charge is 2.29. The van der Waals surface area contributed by atoms with E-state index < -0.39 is 6.04 Å². The number of likely N-dealkylation sites (tertiary alicyclic amines) is 1. The maximum absolute atomic E-state index is 13.2. The fraction of sp³-hybridized carbons (Fsp3) is 0.464. The van der Waals surface area contributed by atoms with Crippen molar-refractivity contribution < 1.29 is 38.1 Å². The van der Waals surface area contributed by atoms with E-state index in [1.807, 2.05) is 0 Å². The molecule has 1 saturated heterocycles. The zero-order valence-corrected chi connectivity index (χ0v) is 23.3. The van der Waals surface area contributed by atoms with Gasteiger partial charge in [-0.05, 0) is 42.7 Å². The van der Waals surface area contributed by atoms with Crippen LogP contribution in [0, 0.1) is 0 Å². The minimum absolute atomic E-state index is 0.141. The molecule has 1 heterocycles. The van der Waals surface area contributed by atoms with Crippen molar-refractivity contribution in [1.82, 2.24) is 15.5 Å². The van der Waals surface area contributed by atoms with E-state index in [1.165, 1.54) is 28.3 Å². The van der Waals surface area contributed by atoms with Crippen molar-refractivity contribution in [2.24, 2.45) is 0 Å². The van der Waals surface area contributed by atoms with Gasteiger partial charge in [0.05, 0.1) is 35.5 Å². The van der Waals surface area contributed by atoms with Gasteiger partial charge in [-0.2, -0.15) is 0 Å². The van der Waals surface area contributed by atoms with Crippen LogP contribution in [0.5, 0.6) is 28.7 Å². The average Bonchev–Trinajstić information content (AvgIpc) is 2.95. The van der Waals surface area contributed by atoms with Gasteiger partial charge in [-0.3, -0.25) is 14.4 Å². The summed E-state index contributed by atoms with van der Waals surface area (Å²) in [4.78, 5) is 40.0. The number of methoxy groups -OCH3 is 5. The summed E-state index contributed by atoms with van der Waals surface area (Å²) < 4.78 is 26.7. The van der Waals surface area contributed by atoms with Crippen molar-refractivity contribution in [3.8, 4) is 28.7 Å². The van der Waals surface area contributed by atoms with Gasteiger partial charge in [-0.15, -0.1) is 0 Å². The number of piperidine rings is 1. The molecule has 0 saturated carbocycles. The summed E-state index contributed by atoms with van der Waals surface area (Å²) in [7, 11) is 7.60. The number of nitrogens with zero attached hydrogens (tertiary/aromatic N) is 1. The smallest absolute Gasteiger partial charge is 0.254 e. The predicted octanol–water partition coefficient (Wildman–Crippen LogP) is 2.20. The number of nitrogens with one attached hydrogen (secondary N) is 2. The van der Waals surface area contributed by atoms with Gasteiger partial charge in [0.25, 0.3) is 5.91 Å². The summed E-state index contributed by atoms with van der Waals surface area (Å²) in [5.41, 5.74) is 1.21. The highest BCUT2D eigenvalue weighted by molar-refractivity contribution is 5.95. The second-order valence-corrected chi connectivity index (χ2v) is 9.17. The Kier molecular flexibility index (Phi) is 10.2. The fourth-order valence-electron chi connectivity index (χ4n) is 4.59. The molecule has 0 aromatic heterocycles. The Morgan fingerprint density at radius 2 is 1.41 bits per heavy atom. The van der Waals surface area contributed by atoms with Crippen molar-refractivity contribution in [2.75, 3.05) is 48.6 Å². The molecule has 11 heteroatoms. The SMILES string of the molecule is COc1cc(C[C@H](NC(C)=O)C(=O)NC2CCN(C(=O)c3cc(OC)c(OC)c(OC)c3)CC2)cc(OC)c1. The zero-order chi connectivity index (χ0) is 28.5. The molecule has 0 spiro atoms. The maximum Gasteiger partial charge on any atom is 0.254 e. The minimum atomic E-state index is -0.779. The second-order valence-electron chi connectivity index (χ2n) is 9.17. The molecule has 2 aromatic rings. The molecular formula is C28H37N3O8. The highest BCUT2D eigenvalue weighted by atomic mass is 16.5. The lowest BCUT2D eigenvalue weighted by Crippen LogP contribution is -2.53. The maximum atomic E-state index is 13.2. The van der Waals surface area contributed by atoms with Gasteiger partial charge in [0.1, 0.15) is 17.5 Å². The normalized spacial score (nSPS) is 14.2. The molecule has 0 aliphatic carbocycles. The number of hydrogen-bond donors (Lipinski definition) is 2. The number of hydrogen-bond acceptors (Lipinski definition) is 8. The third-order valence-corrected chi connectivity index (χ3v) is 6.59. The lowest BCUT2D eigenvalue weighted by molar-refractivity contribution is -0.128. The summed E-state index contributed by atoms with van der Waals surface area (Å²) in [5.74, 6) is 1.64. The van der Waals surface area contributed by atoms with Crippen LogP contribution in [0.3, 0.4) is 0 Å². The number of benzene rings is 2. The standard InChI is InChI=1S/C28H37N3O8/c1-17(32)29-23(13-18-11-21(35-2)16-22(12-18)36-3)27(33)30-20-7-9-31(10-8-20)28(34)19-14-24(37-4)26(39-6)25(15-19)38-5/h11-12,14-16,20,23H,7-10,13H2,1-6H3,(H,29,32)(H,30,33)/t23-/m0/s1. The summed E-state index contributed by atoms with van der Waals surface area (Å²) in [5, 5.41) is 5.78. The molecule has 2 N–H and O–H groups in total. The van der Waals surface area contributed by atoms with E-state index in [2.05, 4.69) is 10.6 Å². The van der Waals surface area contributed by atoms with Gasteiger partial charge in [0.15, 0.2) is 11.5 Å². The van der Waals surface area contributed by atoms with Crippen LogP contribution in [0.15, 0.2) is 30.3 Å². The third-order valence-electron chi connectivity index (χ3n) is 6.59. The third kappa shape index (κ3) is 7.46. The Labute approximate surface area is 228 Å². The molecule has 11 nitrogen and oxygen atoms in total. The van der Waals surface area contributed by atoms with E-state index in [0.29, 0.717) is 60.2 Å². The Morgan fingerprint density at radius 3 is 1.87 bits per heavy atom. The molecule has 3 amide bonds. The van der Waals surface area contributed by atoms with Gasteiger partial charge < -0.3 is 39.2 Å². The molecule has 0 bridgehead atoms. The molecule has 1 atom stereocenters. The summed E-state index contributed by atoms with van der Waals surface area (Å²) in [6.07, 6.45) is 1.40. The zero-order valence-electron chi connectivity index (χ0n) is 23.3. The number of ether oxygens (including phenoxy) is 5. The Balaban J connectivity index is 1.65. The van der Waals surface area contributed by atoms with Gasteiger partial charge in [0.2, 0.25) is 17.6 Å². The van der Waals surface area contributed by atoms with E-state index in [-0.39, 0.29) is 30.2 Å². The van der Waals surface area contributed by atoms with Crippen LogP contribution in [0.1, 0.15) is 35.7 Å². The van der Waals surface area contributed by atoms with Gasteiger partial charge in [-0.25, -0.2) is 0 Å². The first-order chi connectivity index (χ1) is 18.7. The molecule has 0 unspecified atom stereocenters. The van der Waals surface area contributed by atoms with Crippen LogP contribution in [-0.2, 0) is 16.0 Å². The van der Waals surface area contributed by atoms with Gasteiger partial charge in [-0.1, -0.05) is 0 Å². The topological polar surface area (TPSA) is 125 Å². The van der Waals surface area contributed by atoms with Crippen molar-refractivity contribution in [1.29, 1.82) is 0 Å². The minimum Gasteiger partial charge on any atom is -0.497 e. The molecule has 0 radical (unpaired) electrons. The second kappa shape index (κ2) is 13.6. The Hall–Kier alpha value is -4.15. The first-order valence-electron chi connectivity index (χ1n) is 12.6. The molecule has 1 aliphatic rings. The van der Waals surface area contributed by atoms with Crippen molar-refractivity contribution in [2.45, 2.75) is 38.3 Å². The van der Waals surface area contributed by atoms with Crippen molar-refractivity contribution in [3.63, 3.8) is 0 Å².